The summed E-state index contributed by atoms with van der Waals surface area (Å²) in [6.07, 6.45) is 6.50. The summed E-state index contributed by atoms with van der Waals surface area (Å²) in [6.45, 7) is 0. The van der Waals surface area contributed by atoms with E-state index in [1.54, 1.807) is 6.07 Å². The van der Waals surface area contributed by atoms with Gasteiger partial charge in [-0.05, 0) is 55.4 Å². The SMILES string of the molecule is O=C(O)c1cc(C(=O)N(C2CC2)C2CCCc3ccccc32)ccn1. The van der Waals surface area contributed by atoms with Gasteiger partial charge in [-0.15, -0.1) is 0 Å². The molecule has 25 heavy (non-hydrogen) atoms. The number of hydrogen-bond acceptors (Lipinski definition) is 3. The zero-order valence-electron chi connectivity index (χ0n) is 13.9. The second kappa shape index (κ2) is 6.31. The van der Waals surface area contributed by atoms with Crippen molar-refractivity contribution in [2.24, 2.45) is 0 Å². The van der Waals surface area contributed by atoms with Crippen LogP contribution in [0.2, 0.25) is 0 Å². The van der Waals surface area contributed by atoms with Gasteiger partial charge < -0.3 is 10.0 Å². The number of fused-ring (bicyclic) bond motifs is 1. The van der Waals surface area contributed by atoms with Crippen molar-refractivity contribution >= 4 is 11.9 Å². The maximum atomic E-state index is 13.2. The van der Waals surface area contributed by atoms with Crippen LogP contribution in [0.15, 0.2) is 42.6 Å². The van der Waals surface area contributed by atoms with E-state index in [9.17, 15) is 9.59 Å². The Morgan fingerprint density at radius 3 is 2.68 bits per heavy atom. The van der Waals surface area contributed by atoms with Crippen LogP contribution in [0.1, 0.15) is 63.7 Å². The fraction of sp³-hybridized carbons (Fsp3) is 0.350. The van der Waals surface area contributed by atoms with Crippen LogP contribution in [0.25, 0.3) is 0 Å². The molecule has 1 unspecified atom stereocenters. The highest BCUT2D eigenvalue weighted by Gasteiger charge is 2.39. The lowest BCUT2D eigenvalue weighted by Crippen LogP contribution is -2.38. The van der Waals surface area contributed by atoms with E-state index in [4.69, 9.17) is 5.11 Å². The minimum Gasteiger partial charge on any atom is -0.477 e. The predicted molar refractivity (Wildman–Crippen MR) is 92.5 cm³/mol. The molecule has 5 heteroatoms. The van der Waals surface area contributed by atoms with E-state index in [2.05, 4.69) is 17.1 Å². The van der Waals surface area contributed by atoms with Crippen molar-refractivity contribution in [2.45, 2.75) is 44.2 Å². The molecule has 2 aliphatic rings. The van der Waals surface area contributed by atoms with Crippen LogP contribution in [-0.2, 0) is 6.42 Å². The molecule has 2 aromatic rings. The van der Waals surface area contributed by atoms with E-state index >= 15 is 0 Å². The molecule has 1 amide bonds. The van der Waals surface area contributed by atoms with Crippen molar-refractivity contribution < 1.29 is 14.7 Å². The van der Waals surface area contributed by atoms with Crippen molar-refractivity contribution in [3.05, 3.63) is 65.0 Å². The van der Waals surface area contributed by atoms with E-state index in [1.807, 2.05) is 17.0 Å². The van der Waals surface area contributed by atoms with Gasteiger partial charge in [0.1, 0.15) is 5.69 Å². The highest BCUT2D eigenvalue weighted by Crippen LogP contribution is 2.41. The molecule has 5 nitrogen and oxygen atoms in total. The number of amides is 1. The smallest absolute Gasteiger partial charge is 0.354 e. The predicted octanol–water partition coefficient (Wildman–Crippen LogP) is 3.46. The van der Waals surface area contributed by atoms with Crippen LogP contribution in [0.4, 0.5) is 0 Å². The molecule has 0 spiro atoms. The normalized spacial score (nSPS) is 19.1. The Morgan fingerprint density at radius 2 is 1.92 bits per heavy atom. The number of carboxylic acids is 1. The average Bonchev–Trinajstić information content (AvgIpc) is 3.47. The van der Waals surface area contributed by atoms with E-state index < -0.39 is 5.97 Å². The number of aromatic carboxylic acids is 1. The number of rotatable bonds is 4. The number of pyridine rings is 1. The second-order valence-electron chi connectivity index (χ2n) is 6.79. The number of aryl methyl sites for hydroxylation is 1. The third-order valence-corrected chi connectivity index (χ3v) is 5.07. The first-order valence-corrected chi connectivity index (χ1v) is 8.75. The fourth-order valence-electron chi connectivity index (χ4n) is 3.76. The van der Waals surface area contributed by atoms with Crippen LogP contribution < -0.4 is 0 Å². The molecule has 1 atom stereocenters. The first-order valence-electron chi connectivity index (χ1n) is 8.75. The summed E-state index contributed by atoms with van der Waals surface area (Å²) in [7, 11) is 0. The van der Waals surface area contributed by atoms with Gasteiger partial charge in [-0.3, -0.25) is 4.79 Å². The van der Waals surface area contributed by atoms with Crippen molar-refractivity contribution in [3.8, 4) is 0 Å². The molecule has 128 valence electrons. The largest absolute Gasteiger partial charge is 0.477 e. The number of benzene rings is 1. The van der Waals surface area contributed by atoms with Gasteiger partial charge in [-0.2, -0.15) is 0 Å². The van der Waals surface area contributed by atoms with Gasteiger partial charge in [0.05, 0.1) is 6.04 Å². The van der Waals surface area contributed by atoms with Crippen molar-refractivity contribution in [2.75, 3.05) is 0 Å². The zero-order valence-corrected chi connectivity index (χ0v) is 13.9. The maximum absolute atomic E-state index is 13.2. The van der Waals surface area contributed by atoms with Gasteiger partial charge in [0.2, 0.25) is 0 Å². The fourth-order valence-corrected chi connectivity index (χ4v) is 3.76. The van der Waals surface area contributed by atoms with Gasteiger partial charge >= 0.3 is 5.97 Å². The molecule has 0 saturated heterocycles. The molecular weight excluding hydrogens is 316 g/mol. The summed E-state index contributed by atoms with van der Waals surface area (Å²) < 4.78 is 0. The molecule has 1 heterocycles. The molecule has 1 aromatic carbocycles. The number of aromatic nitrogens is 1. The number of carboxylic acid groups (broad SMARTS) is 1. The van der Waals surface area contributed by atoms with Crippen LogP contribution in [0, 0.1) is 0 Å². The third-order valence-electron chi connectivity index (χ3n) is 5.07. The maximum Gasteiger partial charge on any atom is 0.354 e. The quantitative estimate of drug-likeness (QED) is 0.928. The van der Waals surface area contributed by atoms with E-state index in [-0.39, 0.29) is 23.7 Å². The minimum absolute atomic E-state index is 0.0754. The molecular formula is C20H20N2O3. The molecule has 0 radical (unpaired) electrons. The molecule has 1 N–H and O–H groups in total. The third kappa shape index (κ3) is 3.02. The standard InChI is InChI=1S/C20H20N2O3/c23-19(14-10-11-21-17(12-14)20(24)25)22(15-8-9-15)18-7-3-5-13-4-1-2-6-16(13)18/h1-2,4,6,10-12,15,18H,3,5,7-9H2,(H,24,25). The average molecular weight is 336 g/mol. The molecule has 2 aliphatic carbocycles. The summed E-state index contributed by atoms with van der Waals surface area (Å²) in [6, 6.07) is 11.7. The number of nitrogens with zero attached hydrogens (tertiary/aromatic N) is 2. The lowest BCUT2D eigenvalue weighted by atomic mass is 9.86. The van der Waals surface area contributed by atoms with Gasteiger partial charge in [0.25, 0.3) is 5.91 Å². The summed E-state index contributed by atoms with van der Waals surface area (Å²) in [5.74, 6) is -1.20. The Bertz CT molecular complexity index is 829. The van der Waals surface area contributed by atoms with E-state index in [1.165, 1.54) is 23.4 Å². The highest BCUT2D eigenvalue weighted by molar-refractivity contribution is 5.97. The zero-order chi connectivity index (χ0) is 17.4. The van der Waals surface area contributed by atoms with Crippen molar-refractivity contribution in [1.82, 2.24) is 9.88 Å². The molecule has 0 aliphatic heterocycles. The van der Waals surface area contributed by atoms with Gasteiger partial charge in [-0.1, -0.05) is 24.3 Å². The molecule has 1 fully saturated rings. The second-order valence-corrected chi connectivity index (χ2v) is 6.79. The Labute approximate surface area is 146 Å². The van der Waals surface area contributed by atoms with Crippen LogP contribution >= 0.6 is 0 Å². The highest BCUT2D eigenvalue weighted by atomic mass is 16.4. The molecule has 0 bridgehead atoms. The Balaban J connectivity index is 1.70. The number of carbonyl (C=O) groups excluding carboxylic acids is 1. The lowest BCUT2D eigenvalue weighted by Gasteiger charge is -2.36. The first kappa shape index (κ1) is 15.8. The number of hydrogen-bond donors (Lipinski definition) is 1. The van der Waals surface area contributed by atoms with Crippen LogP contribution in [-0.4, -0.2) is 32.9 Å². The summed E-state index contributed by atoms with van der Waals surface area (Å²) in [5.41, 5.74) is 2.87. The number of carbonyl (C=O) groups is 2. The topological polar surface area (TPSA) is 70.5 Å². The lowest BCUT2D eigenvalue weighted by molar-refractivity contribution is 0.0637. The van der Waals surface area contributed by atoms with E-state index in [0.29, 0.717) is 5.56 Å². The molecule has 1 aromatic heterocycles. The van der Waals surface area contributed by atoms with Crippen LogP contribution in [0.3, 0.4) is 0 Å². The molecule has 1 saturated carbocycles. The Hall–Kier alpha value is -2.69. The Kier molecular flexibility index (Phi) is 3.99. The van der Waals surface area contributed by atoms with Crippen molar-refractivity contribution in [1.29, 1.82) is 0 Å². The summed E-state index contributed by atoms with van der Waals surface area (Å²) in [5, 5.41) is 9.14. The minimum atomic E-state index is -1.12. The Morgan fingerprint density at radius 1 is 1.12 bits per heavy atom. The van der Waals surface area contributed by atoms with Crippen LogP contribution in [0.5, 0.6) is 0 Å². The first-order chi connectivity index (χ1) is 12.1. The van der Waals surface area contributed by atoms with Gasteiger partial charge in [0, 0.05) is 17.8 Å². The van der Waals surface area contributed by atoms with Crippen molar-refractivity contribution in [3.63, 3.8) is 0 Å². The summed E-state index contributed by atoms with van der Waals surface area (Å²) >= 11 is 0. The summed E-state index contributed by atoms with van der Waals surface area (Å²) in [4.78, 5) is 30.2. The monoisotopic (exact) mass is 336 g/mol. The molecule has 4 rings (SSSR count). The van der Waals surface area contributed by atoms with Gasteiger partial charge in [0.15, 0.2) is 0 Å². The van der Waals surface area contributed by atoms with Gasteiger partial charge in [-0.25, -0.2) is 9.78 Å². The van der Waals surface area contributed by atoms with E-state index in [0.717, 1.165) is 32.1 Å².